The van der Waals surface area contributed by atoms with Gasteiger partial charge in [-0.1, -0.05) is 7.42 Å². The minimum atomic E-state index is -6.89. The molecule has 0 aromatic rings. The molecule has 1 aliphatic carbocycles. The molecule has 0 bridgehead atoms. The predicted octanol–water partition coefficient (Wildman–Crippen LogP) is 1.02. The fourth-order valence-corrected chi connectivity index (χ4v) is 8.84. The summed E-state index contributed by atoms with van der Waals surface area (Å²) in [6.07, 6.45) is 0.506. The van der Waals surface area contributed by atoms with Gasteiger partial charge in [0.05, 0.1) is 12.5 Å². The topological polar surface area (TPSA) is 143 Å². The van der Waals surface area contributed by atoms with Crippen molar-refractivity contribution in [3.8, 4) is 0 Å². The maximum atomic E-state index is 12.8. The normalized spacial score (nSPS) is 22.4. The Kier molecular flexibility index (Phi) is 8.39. The third-order valence-corrected chi connectivity index (χ3v) is 11.8. The largest absolute Gasteiger partial charge is 0.512 e. The highest BCUT2D eigenvalue weighted by Crippen LogP contribution is 2.38. The molecule has 0 aromatic carbocycles. The van der Waals surface area contributed by atoms with Crippen LogP contribution in [0.1, 0.15) is 25.7 Å². The Bertz CT molecular complexity index is 1030. The van der Waals surface area contributed by atoms with E-state index in [1.807, 2.05) is 0 Å². The zero-order valence-electron chi connectivity index (χ0n) is 16.5. The molecule has 192 valence electrons. The molecule has 0 amide bonds. The van der Waals surface area contributed by atoms with Crippen LogP contribution in [0.15, 0.2) is 0 Å². The maximum absolute atomic E-state index is 12.8. The average Bonchev–Trinajstić information content (AvgIpc) is 2.54. The Balaban J connectivity index is 3.09. The monoisotopic (exact) mass is 562 g/mol. The first kappa shape index (κ1) is 29.3. The van der Waals surface area contributed by atoms with Crippen molar-refractivity contribution >= 4 is 40.1 Å². The van der Waals surface area contributed by atoms with Crippen molar-refractivity contribution in [2.75, 3.05) is 25.6 Å². The minimum absolute atomic E-state index is 0.0990. The number of rotatable bonds is 8. The SMILES string of the molecule is CS(=O)(=O)N(CC1CCC(CN(S(=O)(=O)C(F)(F)F)S(=O)(=O)C(F)(F)F)CC1)S(C)(=O)=O. The van der Waals surface area contributed by atoms with Gasteiger partial charge in [0.15, 0.2) is 0 Å². The molecule has 0 saturated heterocycles. The Labute approximate surface area is 181 Å². The van der Waals surface area contributed by atoms with E-state index in [1.165, 1.54) is 0 Å². The molecule has 32 heavy (non-hydrogen) atoms. The minimum Gasteiger partial charge on any atom is -0.212 e. The van der Waals surface area contributed by atoms with Crippen LogP contribution in [0.2, 0.25) is 0 Å². The van der Waals surface area contributed by atoms with Crippen LogP contribution in [0.25, 0.3) is 0 Å². The van der Waals surface area contributed by atoms with Gasteiger partial charge in [-0.15, -0.1) is 0 Å². The molecule has 20 heteroatoms. The van der Waals surface area contributed by atoms with Crippen LogP contribution in [0.5, 0.6) is 0 Å². The zero-order chi connectivity index (χ0) is 25.6. The van der Waals surface area contributed by atoms with Crippen molar-refractivity contribution in [2.45, 2.75) is 36.7 Å². The van der Waals surface area contributed by atoms with Gasteiger partial charge in [0.2, 0.25) is 20.0 Å². The summed E-state index contributed by atoms with van der Waals surface area (Å²) in [5.41, 5.74) is -12.6. The van der Waals surface area contributed by atoms with E-state index in [1.54, 1.807) is 0 Å². The molecule has 0 aromatic heterocycles. The van der Waals surface area contributed by atoms with Crippen LogP contribution in [0.4, 0.5) is 26.3 Å². The van der Waals surface area contributed by atoms with Gasteiger partial charge in [-0.05, 0) is 37.5 Å². The summed E-state index contributed by atoms with van der Waals surface area (Å²) in [5.74, 6) is -1.91. The first-order valence-electron chi connectivity index (χ1n) is 8.50. The Morgan fingerprint density at radius 1 is 0.594 bits per heavy atom. The fourth-order valence-electron chi connectivity index (χ4n) is 3.09. The number of nitrogens with zero attached hydrogens (tertiary/aromatic N) is 2. The fraction of sp³-hybridized carbons (Fsp3) is 1.00. The highest BCUT2D eigenvalue weighted by atomic mass is 32.3. The lowest BCUT2D eigenvalue weighted by atomic mass is 9.82. The second-order valence-corrected chi connectivity index (χ2v) is 15.2. The van der Waals surface area contributed by atoms with Gasteiger partial charge in [0.25, 0.3) is 0 Å². The van der Waals surface area contributed by atoms with E-state index in [0.717, 1.165) is 0 Å². The number of hydrogen-bond acceptors (Lipinski definition) is 8. The van der Waals surface area contributed by atoms with E-state index in [-0.39, 0.29) is 29.4 Å². The van der Waals surface area contributed by atoms with Crippen LogP contribution in [0.3, 0.4) is 0 Å². The van der Waals surface area contributed by atoms with Crippen molar-refractivity contribution in [2.24, 2.45) is 11.8 Å². The Hall–Kier alpha value is -0.700. The molecule has 0 radical (unpaired) electrons. The number of halogens is 6. The molecule has 1 saturated carbocycles. The van der Waals surface area contributed by atoms with Crippen LogP contribution >= 0.6 is 0 Å². The molecule has 1 fully saturated rings. The van der Waals surface area contributed by atoms with Crippen LogP contribution < -0.4 is 0 Å². The van der Waals surface area contributed by atoms with Gasteiger partial charge in [-0.25, -0.2) is 33.7 Å². The van der Waals surface area contributed by atoms with E-state index in [9.17, 15) is 60.0 Å². The second kappa shape index (κ2) is 9.16. The first-order valence-corrected chi connectivity index (χ1v) is 15.1. The second-order valence-electron chi connectivity index (χ2n) is 7.23. The Morgan fingerprint density at radius 3 is 1.06 bits per heavy atom. The maximum Gasteiger partial charge on any atom is 0.512 e. The molecule has 1 aliphatic rings. The number of hydrogen-bond donors (Lipinski definition) is 0. The molecule has 0 aliphatic heterocycles. The van der Waals surface area contributed by atoms with Crippen molar-refractivity contribution in [1.82, 2.24) is 7.42 Å². The molecule has 0 unspecified atom stereocenters. The van der Waals surface area contributed by atoms with Crippen LogP contribution in [0, 0.1) is 11.8 Å². The molecule has 10 nitrogen and oxygen atoms in total. The summed E-state index contributed by atoms with van der Waals surface area (Å²) in [6.45, 7) is -2.16. The lowest BCUT2D eigenvalue weighted by Crippen LogP contribution is -2.51. The molecule has 1 rings (SSSR count). The molecular weight excluding hydrogens is 542 g/mol. The zero-order valence-corrected chi connectivity index (χ0v) is 19.7. The Morgan fingerprint density at radius 2 is 0.844 bits per heavy atom. The predicted molar refractivity (Wildman–Crippen MR) is 98.5 cm³/mol. The van der Waals surface area contributed by atoms with Crippen LogP contribution in [-0.2, 0) is 40.1 Å². The summed E-state index contributed by atoms with van der Waals surface area (Å²) in [6, 6.07) is 0. The summed E-state index contributed by atoms with van der Waals surface area (Å²) in [7, 11) is -22.2. The van der Waals surface area contributed by atoms with E-state index >= 15 is 0 Å². The average molecular weight is 563 g/mol. The quantitative estimate of drug-likeness (QED) is 0.399. The lowest BCUT2D eigenvalue weighted by molar-refractivity contribution is -0.0536. The van der Waals surface area contributed by atoms with Gasteiger partial charge in [-0.3, -0.25) is 0 Å². The standard InChI is InChI=1S/C12H20F6N2O8S4/c1-29(21,22)19(30(2,23)24)7-9-3-5-10(6-4-9)8-20(31(25,26)11(13,14)15)32(27,28)12(16,17)18/h9-10H,3-8H2,1-2H3. The van der Waals surface area contributed by atoms with Gasteiger partial charge in [-0.2, -0.15) is 26.3 Å². The van der Waals surface area contributed by atoms with Crippen molar-refractivity contribution in [1.29, 1.82) is 0 Å². The third kappa shape index (κ3) is 6.67. The summed E-state index contributed by atoms with van der Waals surface area (Å²) in [5, 5.41) is 0. The third-order valence-electron chi connectivity index (χ3n) is 4.64. The molecule has 0 atom stereocenters. The molecular formula is C12H20F6N2O8S4. The van der Waals surface area contributed by atoms with E-state index < -0.39 is 79.7 Å². The van der Waals surface area contributed by atoms with Crippen molar-refractivity contribution in [3.63, 3.8) is 0 Å². The summed E-state index contributed by atoms with van der Waals surface area (Å²) < 4.78 is 168. The lowest BCUT2D eigenvalue weighted by Gasteiger charge is -2.33. The molecule has 0 spiro atoms. The number of alkyl halides is 6. The van der Waals surface area contributed by atoms with E-state index in [0.29, 0.717) is 12.5 Å². The van der Waals surface area contributed by atoms with Gasteiger partial charge in [0, 0.05) is 13.1 Å². The highest BCUT2D eigenvalue weighted by molar-refractivity contribution is 8.04. The van der Waals surface area contributed by atoms with Gasteiger partial charge < -0.3 is 0 Å². The van der Waals surface area contributed by atoms with Crippen LogP contribution in [-0.4, -0.2) is 77.7 Å². The summed E-state index contributed by atoms with van der Waals surface area (Å²) >= 11 is 0. The summed E-state index contributed by atoms with van der Waals surface area (Å²) in [4.78, 5) is 0. The van der Waals surface area contributed by atoms with Crippen molar-refractivity contribution < 1.29 is 60.0 Å². The first-order chi connectivity index (χ1) is 13.9. The number of sulfonamides is 4. The molecule has 0 heterocycles. The van der Waals surface area contributed by atoms with Crippen molar-refractivity contribution in [3.05, 3.63) is 0 Å². The van der Waals surface area contributed by atoms with E-state index in [2.05, 4.69) is 0 Å². The van der Waals surface area contributed by atoms with Gasteiger partial charge in [0.1, 0.15) is 0 Å². The van der Waals surface area contributed by atoms with Gasteiger partial charge >= 0.3 is 31.1 Å². The van der Waals surface area contributed by atoms with E-state index in [4.69, 9.17) is 0 Å². The molecule has 0 N–H and O–H groups in total. The smallest absolute Gasteiger partial charge is 0.212 e. The highest BCUT2D eigenvalue weighted by Gasteiger charge is 2.61.